The zero-order valence-corrected chi connectivity index (χ0v) is 14.5. The van der Waals surface area contributed by atoms with E-state index in [4.69, 9.17) is 9.02 Å². The van der Waals surface area contributed by atoms with Crippen LogP contribution in [0.1, 0.15) is 12.0 Å². The van der Waals surface area contributed by atoms with Crippen LogP contribution in [0.25, 0.3) is 0 Å². The predicted octanol–water partition coefficient (Wildman–Crippen LogP) is 3.41. The number of oxime groups is 1. The molecule has 2 aliphatic carbocycles. The number of rotatable bonds is 3. The first-order chi connectivity index (χ1) is 12.0. The normalized spacial score (nSPS) is 23.2. The molecule has 1 fully saturated rings. The van der Waals surface area contributed by atoms with Crippen molar-refractivity contribution < 1.29 is 17.4 Å². The second-order valence-electron chi connectivity index (χ2n) is 6.15. The van der Waals surface area contributed by atoms with Gasteiger partial charge in [-0.15, -0.1) is 0 Å². The number of aryl methyl sites for hydroxylation is 1. The second-order valence-corrected chi connectivity index (χ2v) is 7.68. The average Bonchev–Trinajstić information content (AvgIpc) is 3.05. The van der Waals surface area contributed by atoms with Gasteiger partial charge in [0.25, 0.3) is 0 Å². The predicted molar refractivity (Wildman–Crippen MR) is 94.3 cm³/mol. The van der Waals surface area contributed by atoms with Crippen molar-refractivity contribution in [2.24, 2.45) is 11.1 Å². The molecule has 1 aromatic carbocycles. The van der Waals surface area contributed by atoms with Gasteiger partial charge in [-0.2, -0.15) is 8.42 Å². The Morgan fingerprint density at radius 3 is 2.80 bits per heavy atom. The van der Waals surface area contributed by atoms with Crippen LogP contribution < -0.4 is 0 Å². The number of ether oxygens (including phenoxy) is 1. The molecule has 0 spiro atoms. The van der Waals surface area contributed by atoms with Crippen LogP contribution in [0.4, 0.5) is 0 Å². The Labute approximate surface area is 146 Å². The number of benzene rings is 1. The van der Waals surface area contributed by atoms with Gasteiger partial charge in [0.15, 0.2) is 0 Å². The maximum absolute atomic E-state index is 12.3. The average molecular weight is 355 g/mol. The van der Waals surface area contributed by atoms with E-state index in [9.17, 15) is 8.42 Å². The van der Waals surface area contributed by atoms with Crippen LogP contribution in [0.3, 0.4) is 0 Å². The van der Waals surface area contributed by atoms with Crippen LogP contribution in [0.5, 0.6) is 0 Å². The molecule has 0 aromatic heterocycles. The Bertz CT molecular complexity index is 963. The SMILES string of the molecule is Cc1ccc(S(=O)(=O)ON=C2CCOC3=CC4=CC=CC4=CC32)cc1. The van der Waals surface area contributed by atoms with Gasteiger partial charge in [0.1, 0.15) is 10.7 Å². The van der Waals surface area contributed by atoms with Gasteiger partial charge in [-0.05, 0) is 36.3 Å². The fourth-order valence-corrected chi connectivity index (χ4v) is 3.75. The van der Waals surface area contributed by atoms with Gasteiger partial charge in [-0.25, -0.2) is 0 Å². The first-order valence-corrected chi connectivity index (χ1v) is 9.46. The molecule has 128 valence electrons. The third-order valence-electron chi connectivity index (χ3n) is 4.38. The smallest absolute Gasteiger partial charge is 0.358 e. The van der Waals surface area contributed by atoms with E-state index in [1.165, 1.54) is 12.1 Å². The van der Waals surface area contributed by atoms with Gasteiger partial charge in [-0.1, -0.05) is 47.2 Å². The van der Waals surface area contributed by atoms with Crippen molar-refractivity contribution in [3.63, 3.8) is 0 Å². The van der Waals surface area contributed by atoms with Crippen molar-refractivity contribution >= 4 is 15.8 Å². The summed E-state index contributed by atoms with van der Waals surface area (Å²) in [6.45, 7) is 2.35. The fourth-order valence-electron chi connectivity index (χ4n) is 3.00. The van der Waals surface area contributed by atoms with E-state index < -0.39 is 10.1 Å². The standard InChI is InChI=1S/C19H17NO4S/c1-13-5-7-16(8-6-13)25(21,22)24-20-18-9-10-23-19-12-15-4-2-3-14(15)11-17(18)19/h2-8,11-12,17H,9-10H2,1H3. The van der Waals surface area contributed by atoms with Crippen molar-refractivity contribution in [1.82, 2.24) is 0 Å². The molecule has 0 saturated carbocycles. The summed E-state index contributed by atoms with van der Waals surface area (Å²) in [7, 11) is -3.93. The summed E-state index contributed by atoms with van der Waals surface area (Å²) in [5.74, 6) is 0.594. The summed E-state index contributed by atoms with van der Waals surface area (Å²) in [6.07, 6.45) is 10.5. The van der Waals surface area contributed by atoms with E-state index in [0.717, 1.165) is 22.5 Å². The van der Waals surface area contributed by atoms with Gasteiger partial charge < -0.3 is 4.74 Å². The quantitative estimate of drug-likeness (QED) is 0.780. The Hall–Kier alpha value is -2.60. The summed E-state index contributed by atoms with van der Waals surface area (Å²) in [5.41, 5.74) is 3.82. The third-order valence-corrected chi connectivity index (χ3v) is 5.50. The van der Waals surface area contributed by atoms with E-state index in [2.05, 4.69) is 5.16 Å². The maximum Gasteiger partial charge on any atom is 0.358 e. The van der Waals surface area contributed by atoms with Gasteiger partial charge in [0.2, 0.25) is 0 Å². The van der Waals surface area contributed by atoms with E-state index in [1.54, 1.807) is 12.1 Å². The number of hydrogen-bond donors (Lipinski definition) is 0. The van der Waals surface area contributed by atoms with Crippen molar-refractivity contribution in [3.05, 3.63) is 77.1 Å². The van der Waals surface area contributed by atoms with Crippen LogP contribution in [-0.2, 0) is 19.1 Å². The molecule has 5 nitrogen and oxygen atoms in total. The molecular weight excluding hydrogens is 338 g/mol. The highest BCUT2D eigenvalue weighted by atomic mass is 32.2. The van der Waals surface area contributed by atoms with Crippen LogP contribution in [0.15, 0.2) is 81.6 Å². The Balaban J connectivity index is 1.60. The lowest BCUT2D eigenvalue weighted by atomic mass is 9.87. The molecule has 1 heterocycles. The molecule has 0 radical (unpaired) electrons. The molecule has 3 aliphatic rings. The molecule has 1 aromatic rings. The van der Waals surface area contributed by atoms with E-state index in [-0.39, 0.29) is 10.8 Å². The molecule has 0 bridgehead atoms. The minimum Gasteiger partial charge on any atom is -0.496 e. The van der Waals surface area contributed by atoms with E-state index >= 15 is 0 Å². The largest absolute Gasteiger partial charge is 0.496 e. The molecule has 25 heavy (non-hydrogen) atoms. The van der Waals surface area contributed by atoms with Gasteiger partial charge in [0, 0.05) is 6.42 Å². The zero-order valence-electron chi connectivity index (χ0n) is 13.7. The molecule has 0 N–H and O–H groups in total. The van der Waals surface area contributed by atoms with Crippen LogP contribution in [0, 0.1) is 12.8 Å². The van der Waals surface area contributed by atoms with Crippen molar-refractivity contribution in [2.75, 3.05) is 6.61 Å². The molecule has 0 amide bonds. The minimum atomic E-state index is -3.93. The van der Waals surface area contributed by atoms with Crippen LogP contribution >= 0.6 is 0 Å². The third kappa shape index (κ3) is 3.05. The Morgan fingerprint density at radius 1 is 1.20 bits per heavy atom. The number of allylic oxidation sites excluding steroid dienone is 7. The highest BCUT2D eigenvalue weighted by molar-refractivity contribution is 7.86. The van der Waals surface area contributed by atoms with Crippen LogP contribution in [-0.4, -0.2) is 20.7 Å². The highest BCUT2D eigenvalue weighted by Gasteiger charge is 2.30. The molecule has 1 unspecified atom stereocenters. The Kier molecular flexibility index (Phi) is 3.84. The monoisotopic (exact) mass is 355 g/mol. The summed E-state index contributed by atoms with van der Waals surface area (Å²) < 4.78 is 35.3. The molecular formula is C19H17NO4S. The van der Waals surface area contributed by atoms with E-state index in [0.29, 0.717) is 18.7 Å². The van der Waals surface area contributed by atoms with Crippen LogP contribution in [0.2, 0.25) is 0 Å². The number of fused-ring (bicyclic) bond motifs is 2. The van der Waals surface area contributed by atoms with Gasteiger partial charge in [0.05, 0.1) is 18.2 Å². The fraction of sp³-hybridized carbons (Fsp3) is 0.211. The van der Waals surface area contributed by atoms with Gasteiger partial charge in [-0.3, -0.25) is 4.28 Å². The topological polar surface area (TPSA) is 65.0 Å². The molecule has 1 saturated heterocycles. The van der Waals surface area contributed by atoms with Gasteiger partial charge >= 0.3 is 10.1 Å². The van der Waals surface area contributed by atoms with Crippen molar-refractivity contribution in [3.8, 4) is 0 Å². The minimum absolute atomic E-state index is 0.0937. The first kappa shape index (κ1) is 15.9. The Morgan fingerprint density at radius 2 is 2.00 bits per heavy atom. The van der Waals surface area contributed by atoms with Crippen molar-refractivity contribution in [1.29, 1.82) is 0 Å². The number of hydrogen-bond acceptors (Lipinski definition) is 5. The first-order valence-electron chi connectivity index (χ1n) is 8.05. The lowest BCUT2D eigenvalue weighted by Gasteiger charge is -2.28. The summed E-state index contributed by atoms with van der Waals surface area (Å²) in [5, 5.41) is 3.97. The van der Waals surface area contributed by atoms with E-state index in [1.807, 2.05) is 37.3 Å². The lowest BCUT2D eigenvalue weighted by molar-refractivity contribution is 0.186. The summed E-state index contributed by atoms with van der Waals surface area (Å²) in [6, 6.07) is 6.49. The van der Waals surface area contributed by atoms with Crippen molar-refractivity contribution in [2.45, 2.75) is 18.2 Å². The number of nitrogens with zero attached hydrogens (tertiary/aromatic N) is 1. The maximum atomic E-state index is 12.3. The molecule has 6 heteroatoms. The molecule has 4 rings (SSSR count). The summed E-state index contributed by atoms with van der Waals surface area (Å²) >= 11 is 0. The molecule has 1 atom stereocenters. The zero-order chi connectivity index (χ0) is 17.4. The second kappa shape index (κ2) is 6.04. The summed E-state index contributed by atoms with van der Waals surface area (Å²) in [4.78, 5) is 0.0937. The molecule has 1 aliphatic heterocycles. The highest BCUT2D eigenvalue weighted by Crippen LogP contribution is 2.35. The lowest BCUT2D eigenvalue weighted by Crippen LogP contribution is -2.27.